The zero-order valence-electron chi connectivity index (χ0n) is 13.4. The van der Waals surface area contributed by atoms with Crippen LogP contribution in [-0.2, 0) is 9.63 Å². The van der Waals surface area contributed by atoms with Crippen LogP contribution in [0, 0.1) is 0 Å². The maximum absolute atomic E-state index is 12.3. The van der Waals surface area contributed by atoms with E-state index in [0.717, 1.165) is 36.7 Å². The van der Waals surface area contributed by atoms with E-state index in [2.05, 4.69) is 20.8 Å². The van der Waals surface area contributed by atoms with Crippen molar-refractivity contribution in [3.63, 3.8) is 0 Å². The predicted octanol–water partition coefficient (Wildman–Crippen LogP) is 2.13. The smallest absolute Gasteiger partial charge is 0.330 e. The van der Waals surface area contributed by atoms with E-state index in [1.165, 1.54) is 0 Å². The zero-order chi connectivity index (χ0) is 16.5. The summed E-state index contributed by atoms with van der Waals surface area (Å²) in [7, 11) is 0. The van der Waals surface area contributed by atoms with Crippen molar-refractivity contribution >= 4 is 23.5 Å². The van der Waals surface area contributed by atoms with Crippen LogP contribution in [0.4, 0.5) is 5.69 Å². The molecule has 1 heterocycles. The Labute approximate surface area is 129 Å². The molecule has 0 unspecified atom stereocenters. The summed E-state index contributed by atoms with van der Waals surface area (Å²) in [6.45, 7) is 10.1. The third-order valence-electron chi connectivity index (χ3n) is 4.42. The van der Waals surface area contributed by atoms with Crippen LogP contribution < -0.4 is 4.48 Å². The lowest BCUT2D eigenvalue weighted by Crippen LogP contribution is -2.48. The van der Waals surface area contributed by atoms with Crippen LogP contribution in [0.2, 0.25) is 0 Å². The molecule has 2 amide bonds. The molecule has 0 bridgehead atoms. The number of benzene rings is 1. The Balaban J connectivity index is 2.47. The molecule has 0 radical (unpaired) electrons. The lowest BCUT2D eigenvalue weighted by molar-refractivity contribution is -0.165. The fourth-order valence-corrected chi connectivity index (χ4v) is 2.93. The van der Waals surface area contributed by atoms with Crippen molar-refractivity contribution in [3.05, 3.63) is 29.3 Å². The molecule has 0 fully saturated rings. The number of imide groups is 1. The van der Waals surface area contributed by atoms with Gasteiger partial charge in [0.05, 0.1) is 30.8 Å². The van der Waals surface area contributed by atoms with E-state index in [9.17, 15) is 14.4 Å². The summed E-state index contributed by atoms with van der Waals surface area (Å²) < 4.78 is 0.725. The number of nitrogens with zero attached hydrogens (tertiary/aromatic N) is 2. The van der Waals surface area contributed by atoms with Crippen molar-refractivity contribution in [2.75, 3.05) is 19.6 Å². The van der Waals surface area contributed by atoms with Crippen LogP contribution in [0.25, 0.3) is 0 Å². The van der Waals surface area contributed by atoms with Crippen molar-refractivity contribution in [2.24, 2.45) is 0 Å². The van der Waals surface area contributed by atoms with Crippen LogP contribution >= 0.6 is 0 Å². The SMILES string of the molecule is CC[N+](CC)(CC)c1ccc2c(c1)C(=O)N(OC(C)=O)C2=O. The lowest BCUT2D eigenvalue weighted by atomic mass is 10.1. The molecule has 1 aliphatic heterocycles. The van der Waals surface area contributed by atoms with Crippen molar-refractivity contribution in [2.45, 2.75) is 27.7 Å². The highest BCUT2D eigenvalue weighted by Gasteiger charge is 2.40. The standard InChI is InChI=1S/C16H21N2O4/c1-5-18(6-2,7-3)12-8-9-13-14(10-12)16(21)17(15(13)20)22-11(4)19/h8-10H,5-7H2,1-4H3/q+1. The van der Waals surface area contributed by atoms with E-state index in [0.29, 0.717) is 10.6 Å². The van der Waals surface area contributed by atoms with E-state index in [4.69, 9.17) is 4.84 Å². The summed E-state index contributed by atoms with van der Waals surface area (Å²) >= 11 is 0. The van der Waals surface area contributed by atoms with Gasteiger partial charge in [0.25, 0.3) is 11.8 Å². The molecule has 0 saturated heterocycles. The summed E-state index contributed by atoms with van der Waals surface area (Å²) in [5.74, 6) is -1.88. The number of rotatable bonds is 5. The van der Waals surface area contributed by atoms with Gasteiger partial charge < -0.3 is 4.84 Å². The fraction of sp³-hybridized carbons (Fsp3) is 0.438. The van der Waals surface area contributed by atoms with Crippen LogP contribution in [0.5, 0.6) is 0 Å². The topological polar surface area (TPSA) is 63.7 Å². The molecule has 2 rings (SSSR count). The molecule has 0 N–H and O–H groups in total. The number of carbonyl (C=O) groups is 3. The summed E-state index contributed by atoms with van der Waals surface area (Å²) in [6, 6.07) is 5.26. The van der Waals surface area contributed by atoms with Crippen molar-refractivity contribution in [1.82, 2.24) is 9.55 Å². The summed E-state index contributed by atoms with van der Waals surface area (Å²) in [6.07, 6.45) is 0. The summed E-state index contributed by atoms with van der Waals surface area (Å²) in [4.78, 5) is 40.2. The summed E-state index contributed by atoms with van der Waals surface area (Å²) in [5.41, 5.74) is 1.55. The minimum absolute atomic E-state index is 0.274. The van der Waals surface area contributed by atoms with Crippen molar-refractivity contribution < 1.29 is 19.2 Å². The van der Waals surface area contributed by atoms with Gasteiger partial charge >= 0.3 is 5.97 Å². The Kier molecular flexibility index (Phi) is 4.32. The largest absolute Gasteiger partial charge is 0.330 e. The van der Waals surface area contributed by atoms with Gasteiger partial charge in [-0.3, -0.25) is 14.1 Å². The predicted molar refractivity (Wildman–Crippen MR) is 82.1 cm³/mol. The highest BCUT2D eigenvalue weighted by Crippen LogP contribution is 2.30. The first-order valence-corrected chi connectivity index (χ1v) is 7.48. The Morgan fingerprint density at radius 1 is 1.05 bits per heavy atom. The second kappa shape index (κ2) is 5.88. The van der Waals surface area contributed by atoms with Crippen molar-refractivity contribution in [1.29, 1.82) is 0 Å². The van der Waals surface area contributed by atoms with E-state index in [1.807, 2.05) is 6.07 Å². The molecule has 6 heteroatoms. The normalized spacial score (nSPS) is 14.3. The minimum atomic E-state index is -0.699. The zero-order valence-corrected chi connectivity index (χ0v) is 13.4. The minimum Gasteiger partial charge on any atom is -0.330 e. The lowest BCUT2D eigenvalue weighted by Gasteiger charge is -2.35. The molecule has 1 aliphatic rings. The molecular weight excluding hydrogens is 284 g/mol. The van der Waals surface area contributed by atoms with Gasteiger partial charge in [0.2, 0.25) is 0 Å². The van der Waals surface area contributed by atoms with Gasteiger partial charge in [-0.25, -0.2) is 4.79 Å². The average molecular weight is 305 g/mol. The first-order valence-electron chi connectivity index (χ1n) is 7.48. The summed E-state index contributed by atoms with van der Waals surface area (Å²) in [5, 5.41) is 0.537. The molecule has 118 valence electrons. The Morgan fingerprint density at radius 2 is 1.59 bits per heavy atom. The average Bonchev–Trinajstić information content (AvgIpc) is 2.74. The van der Waals surface area contributed by atoms with Crippen LogP contribution in [0.3, 0.4) is 0 Å². The van der Waals surface area contributed by atoms with Gasteiger partial charge in [0.1, 0.15) is 5.69 Å². The molecule has 0 aromatic heterocycles. The molecule has 0 aliphatic carbocycles. The molecule has 0 saturated carbocycles. The maximum atomic E-state index is 12.3. The van der Waals surface area contributed by atoms with E-state index in [-0.39, 0.29) is 5.56 Å². The number of carbonyl (C=O) groups excluding carboxylic acids is 3. The number of quaternary nitrogens is 1. The molecule has 1 aromatic rings. The Morgan fingerprint density at radius 3 is 2.09 bits per heavy atom. The molecule has 1 aromatic carbocycles. The van der Waals surface area contributed by atoms with Gasteiger partial charge in [-0.1, -0.05) is 5.06 Å². The quantitative estimate of drug-likeness (QED) is 0.617. The highest BCUT2D eigenvalue weighted by atomic mass is 16.7. The molecule has 0 spiro atoms. The third-order valence-corrected chi connectivity index (χ3v) is 4.42. The Bertz CT molecular complexity index is 627. The van der Waals surface area contributed by atoms with Gasteiger partial charge in [-0.2, -0.15) is 0 Å². The van der Waals surface area contributed by atoms with Crippen LogP contribution in [0.15, 0.2) is 18.2 Å². The molecule has 6 nitrogen and oxygen atoms in total. The molecule has 0 atom stereocenters. The van der Waals surface area contributed by atoms with E-state index < -0.39 is 17.8 Å². The highest BCUT2D eigenvalue weighted by molar-refractivity contribution is 6.21. The monoisotopic (exact) mass is 305 g/mol. The van der Waals surface area contributed by atoms with Crippen molar-refractivity contribution in [3.8, 4) is 0 Å². The van der Waals surface area contributed by atoms with Crippen LogP contribution in [-0.4, -0.2) is 42.5 Å². The van der Waals surface area contributed by atoms with Gasteiger partial charge in [-0.15, -0.1) is 0 Å². The van der Waals surface area contributed by atoms with Gasteiger partial charge in [0, 0.05) is 13.0 Å². The maximum Gasteiger partial charge on any atom is 0.330 e. The van der Waals surface area contributed by atoms with E-state index in [1.54, 1.807) is 12.1 Å². The van der Waals surface area contributed by atoms with Crippen LogP contribution in [0.1, 0.15) is 48.4 Å². The number of hydrogen-bond donors (Lipinski definition) is 0. The number of fused-ring (bicyclic) bond motifs is 1. The Hall–Kier alpha value is -2.21. The van der Waals surface area contributed by atoms with E-state index >= 15 is 0 Å². The second-order valence-electron chi connectivity index (χ2n) is 5.31. The third kappa shape index (κ3) is 2.39. The van der Waals surface area contributed by atoms with Gasteiger partial charge in [-0.05, 0) is 32.9 Å². The molecular formula is C16H21N2O4+. The second-order valence-corrected chi connectivity index (χ2v) is 5.31. The number of hydrogen-bond acceptors (Lipinski definition) is 4. The number of amides is 2. The number of hydroxylamine groups is 2. The molecule has 22 heavy (non-hydrogen) atoms. The van der Waals surface area contributed by atoms with Gasteiger partial charge in [0.15, 0.2) is 0 Å². The first-order chi connectivity index (χ1) is 10.4. The first kappa shape index (κ1) is 16.2. The fourth-order valence-electron chi connectivity index (χ4n) is 2.93.